The molecular formula is C19H31NO. The van der Waals surface area contributed by atoms with Gasteiger partial charge in [-0.3, -0.25) is 0 Å². The van der Waals surface area contributed by atoms with E-state index in [4.69, 9.17) is 4.74 Å². The zero-order chi connectivity index (χ0) is 15.1. The first kappa shape index (κ1) is 16.4. The van der Waals surface area contributed by atoms with Gasteiger partial charge in [0.1, 0.15) is 5.75 Å². The lowest BCUT2D eigenvalue weighted by molar-refractivity contribution is 0.380. The van der Waals surface area contributed by atoms with Crippen molar-refractivity contribution in [2.24, 2.45) is 0 Å². The van der Waals surface area contributed by atoms with E-state index in [9.17, 15) is 0 Å². The van der Waals surface area contributed by atoms with E-state index in [1.54, 1.807) is 7.11 Å². The SMILES string of the molecule is CCCCCCC(C)NC1CCCc2ccc(OC)cc21. The first-order chi connectivity index (χ1) is 10.2. The van der Waals surface area contributed by atoms with Gasteiger partial charge in [0.15, 0.2) is 0 Å². The van der Waals surface area contributed by atoms with Crippen LogP contribution in [0.4, 0.5) is 0 Å². The van der Waals surface area contributed by atoms with Crippen molar-refractivity contribution in [3.63, 3.8) is 0 Å². The largest absolute Gasteiger partial charge is 0.497 e. The van der Waals surface area contributed by atoms with E-state index in [0.29, 0.717) is 12.1 Å². The van der Waals surface area contributed by atoms with Gasteiger partial charge >= 0.3 is 0 Å². The Hall–Kier alpha value is -1.02. The molecule has 0 radical (unpaired) electrons. The van der Waals surface area contributed by atoms with E-state index >= 15 is 0 Å². The predicted molar refractivity (Wildman–Crippen MR) is 90.0 cm³/mol. The Bertz CT molecular complexity index is 430. The summed E-state index contributed by atoms with van der Waals surface area (Å²) in [6, 6.07) is 7.67. The molecule has 2 atom stereocenters. The molecule has 0 bridgehead atoms. The second kappa shape index (κ2) is 8.43. The summed E-state index contributed by atoms with van der Waals surface area (Å²) in [6.07, 6.45) is 10.4. The van der Waals surface area contributed by atoms with Crippen molar-refractivity contribution in [3.05, 3.63) is 29.3 Å². The van der Waals surface area contributed by atoms with Crippen molar-refractivity contribution in [2.45, 2.75) is 77.3 Å². The maximum atomic E-state index is 5.40. The van der Waals surface area contributed by atoms with Crippen molar-refractivity contribution < 1.29 is 4.74 Å². The van der Waals surface area contributed by atoms with E-state index in [0.717, 1.165) is 5.75 Å². The third kappa shape index (κ3) is 4.74. The fourth-order valence-electron chi connectivity index (χ4n) is 3.38. The standard InChI is InChI=1S/C19H31NO/c1-4-5-6-7-9-15(2)20-19-11-8-10-16-12-13-17(21-3)14-18(16)19/h12-15,19-20H,4-11H2,1-3H3. The molecule has 0 saturated carbocycles. The summed E-state index contributed by atoms with van der Waals surface area (Å²) < 4.78 is 5.40. The average Bonchev–Trinajstić information content (AvgIpc) is 2.51. The highest BCUT2D eigenvalue weighted by atomic mass is 16.5. The summed E-state index contributed by atoms with van der Waals surface area (Å²) in [4.78, 5) is 0. The van der Waals surface area contributed by atoms with Gasteiger partial charge in [-0.05, 0) is 55.9 Å². The number of ether oxygens (including phenoxy) is 1. The van der Waals surface area contributed by atoms with Gasteiger partial charge in [0.2, 0.25) is 0 Å². The zero-order valence-electron chi connectivity index (χ0n) is 14.0. The minimum atomic E-state index is 0.505. The van der Waals surface area contributed by atoms with Crippen LogP contribution in [0, 0.1) is 0 Å². The molecule has 118 valence electrons. The van der Waals surface area contributed by atoms with Crippen LogP contribution in [-0.2, 0) is 6.42 Å². The lowest BCUT2D eigenvalue weighted by Crippen LogP contribution is -2.32. The smallest absolute Gasteiger partial charge is 0.119 e. The van der Waals surface area contributed by atoms with E-state index in [1.807, 2.05) is 0 Å². The van der Waals surface area contributed by atoms with Gasteiger partial charge in [0, 0.05) is 12.1 Å². The van der Waals surface area contributed by atoms with Crippen LogP contribution in [-0.4, -0.2) is 13.2 Å². The zero-order valence-corrected chi connectivity index (χ0v) is 14.0. The van der Waals surface area contributed by atoms with Crippen LogP contribution in [0.3, 0.4) is 0 Å². The molecule has 0 spiro atoms. The molecule has 1 aromatic rings. The molecule has 1 aromatic carbocycles. The second-order valence-corrected chi connectivity index (χ2v) is 6.43. The van der Waals surface area contributed by atoms with Crippen LogP contribution in [0.5, 0.6) is 5.75 Å². The first-order valence-electron chi connectivity index (χ1n) is 8.67. The molecule has 1 aliphatic carbocycles. The van der Waals surface area contributed by atoms with Gasteiger partial charge in [-0.2, -0.15) is 0 Å². The molecule has 0 heterocycles. The Labute approximate surface area is 130 Å². The summed E-state index contributed by atoms with van der Waals surface area (Å²) in [5.74, 6) is 0.984. The van der Waals surface area contributed by atoms with Crippen LogP contribution >= 0.6 is 0 Å². The molecule has 21 heavy (non-hydrogen) atoms. The summed E-state index contributed by atoms with van der Waals surface area (Å²) in [7, 11) is 1.75. The number of aryl methyl sites for hydroxylation is 1. The number of benzene rings is 1. The molecule has 1 N–H and O–H groups in total. The van der Waals surface area contributed by atoms with Gasteiger partial charge < -0.3 is 10.1 Å². The summed E-state index contributed by atoms with van der Waals surface area (Å²) in [6.45, 7) is 4.61. The molecule has 2 nitrogen and oxygen atoms in total. The van der Waals surface area contributed by atoms with Gasteiger partial charge in [-0.1, -0.05) is 38.7 Å². The number of fused-ring (bicyclic) bond motifs is 1. The third-order valence-electron chi connectivity index (χ3n) is 4.64. The fourth-order valence-corrected chi connectivity index (χ4v) is 3.38. The summed E-state index contributed by atoms with van der Waals surface area (Å²) >= 11 is 0. The maximum Gasteiger partial charge on any atom is 0.119 e. The van der Waals surface area contributed by atoms with Crippen LogP contribution in [0.15, 0.2) is 18.2 Å². The molecule has 0 amide bonds. The number of methoxy groups -OCH3 is 1. The van der Waals surface area contributed by atoms with E-state index in [2.05, 4.69) is 37.4 Å². The normalized spacial score (nSPS) is 19.1. The molecule has 1 aliphatic rings. The van der Waals surface area contributed by atoms with Crippen molar-refractivity contribution in [1.29, 1.82) is 0 Å². The highest BCUT2D eigenvalue weighted by Gasteiger charge is 2.21. The number of hydrogen-bond donors (Lipinski definition) is 1. The van der Waals surface area contributed by atoms with Crippen molar-refractivity contribution in [1.82, 2.24) is 5.32 Å². The molecule has 2 rings (SSSR count). The minimum Gasteiger partial charge on any atom is -0.497 e. The van der Waals surface area contributed by atoms with Crippen molar-refractivity contribution in [2.75, 3.05) is 7.11 Å². The first-order valence-corrected chi connectivity index (χ1v) is 8.67. The predicted octanol–water partition coefficient (Wildman–Crippen LogP) is 5.02. The number of nitrogens with one attached hydrogen (secondary N) is 1. The third-order valence-corrected chi connectivity index (χ3v) is 4.64. The summed E-state index contributed by atoms with van der Waals surface area (Å²) in [5.41, 5.74) is 2.96. The molecule has 2 heteroatoms. The van der Waals surface area contributed by atoms with Crippen LogP contribution < -0.4 is 10.1 Å². The van der Waals surface area contributed by atoms with Gasteiger partial charge in [-0.15, -0.1) is 0 Å². The topological polar surface area (TPSA) is 21.3 Å². The van der Waals surface area contributed by atoms with Crippen LogP contribution in [0.1, 0.15) is 76.0 Å². The Morgan fingerprint density at radius 1 is 1.29 bits per heavy atom. The Morgan fingerprint density at radius 2 is 2.14 bits per heavy atom. The molecule has 0 saturated heterocycles. The quantitative estimate of drug-likeness (QED) is 0.678. The second-order valence-electron chi connectivity index (χ2n) is 6.43. The average molecular weight is 289 g/mol. The highest BCUT2D eigenvalue weighted by Crippen LogP contribution is 2.33. The van der Waals surface area contributed by atoms with E-state index in [-0.39, 0.29) is 0 Å². The molecule has 0 aromatic heterocycles. The Morgan fingerprint density at radius 3 is 2.90 bits per heavy atom. The molecule has 2 unspecified atom stereocenters. The number of unbranched alkanes of at least 4 members (excludes halogenated alkanes) is 3. The molecular weight excluding hydrogens is 258 g/mol. The van der Waals surface area contributed by atoms with E-state index < -0.39 is 0 Å². The number of rotatable bonds is 8. The van der Waals surface area contributed by atoms with Crippen LogP contribution in [0.25, 0.3) is 0 Å². The van der Waals surface area contributed by atoms with Crippen LogP contribution in [0.2, 0.25) is 0 Å². The summed E-state index contributed by atoms with van der Waals surface area (Å²) in [5, 5.41) is 3.85. The number of hydrogen-bond acceptors (Lipinski definition) is 2. The van der Waals surface area contributed by atoms with Crippen molar-refractivity contribution in [3.8, 4) is 5.75 Å². The van der Waals surface area contributed by atoms with Gasteiger partial charge in [0.25, 0.3) is 0 Å². The monoisotopic (exact) mass is 289 g/mol. The van der Waals surface area contributed by atoms with Gasteiger partial charge in [-0.25, -0.2) is 0 Å². The minimum absolute atomic E-state index is 0.505. The Balaban J connectivity index is 1.92. The lowest BCUT2D eigenvalue weighted by atomic mass is 9.87. The van der Waals surface area contributed by atoms with Crippen molar-refractivity contribution >= 4 is 0 Å². The fraction of sp³-hybridized carbons (Fsp3) is 0.684. The lowest BCUT2D eigenvalue weighted by Gasteiger charge is -2.29. The maximum absolute atomic E-state index is 5.40. The molecule has 0 fully saturated rings. The van der Waals surface area contributed by atoms with Gasteiger partial charge in [0.05, 0.1) is 7.11 Å². The molecule has 0 aliphatic heterocycles. The van der Waals surface area contributed by atoms with E-state index in [1.165, 1.54) is 62.5 Å². The Kier molecular flexibility index (Phi) is 6.56. The highest BCUT2D eigenvalue weighted by molar-refractivity contribution is 5.39.